The predicted molar refractivity (Wildman–Crippen MR) is 64.4 cm³/mol. The van der Waals surface area contributed by atoms with E-state index in [1.165, 1.54) is 12.3 Å². The lowest BCUT2D eigenvalue weighted by atomic mass is 10.2. The van der Waals surface area contributed by atoms with E-state index in [4.69, 9.17) is 4.74 Å². The van der Waals surface area contributed by atoms with Crippen LogP contribution in [0.5, 0.6) is 0 Å². The van der Waals surface area contributed by atoms with Gasteiger partial charge in [0.15, 0.2) is 0 Å². The molecule has 0 saturated heterocycles. The van der Waals surface area contributed by atoms with Crippen molar-refractivity contribution in [3.8, 4) is 0 Å². The monoisotopic (exact) mass is 246 g/mol. The Balaban J connectivity index is 1.84. The summed E-state index contributed by atoms with van der Waals surface area (Å²) >= 11 is 0. The molecule has 92 valence electrons. The lowest BCUT2D eigenvalue weighted by Crippen LogP contribution is -2.13. The Labute approximate surface area is 103 Å². The average Bonchev–Trinajstić information content (AvgIpc) is 2.40. The van der Waals surface area contributed by atoms with Gasteiger partial charge in [0.1, 0.15) is 6.61 Å². The van der Waals surface area contributed by atoms with E-state index in [9.17, 15) is 9.18 Å². The molecule has 0 atom stereocenters. The van der Waals surface area contributed by atoms with Crippen LogP contribution >= 0.6 is 0 Å². The molecule has 5 heteroatoms. The molecule has 4 nitrogen and oxygen atoms in total. The van der Waals surface area contributed by atoms with Crippen molar-refractivity contribution in [2.24, 2.45) is 0 Å². The van der Waals surface area contributed by atoms with Crippen LogP contribution in [0.25, 0.3) is 0 Å². The fourth-order valence-electron chi connectivity index (χ4n) is 1.33. The molecular weight excluding hydrogens is 235 g/mol. The van der Waals surface area contributed by atoms with Gasteiger partial charge in [-0.2, -0.15) is 4.39 Å². The molecule has 1 amide bonds. The molecule has 0 radical (unpaired) electrons. The highest BCUT2D eigenvalue weighted by molar-refractivity contribution is 5.84. The van der Waals surface area contributed by atoms with Crippen LogP contribution < -0.4 is 5.32 Å². The highest BCUT2D eigenvalue weighted by atomic mass is 19.1. The topological polar surface area (TPSA) is 51.2 Å². The Morgan fingerprint density at radius 1 is 1.22 bits per heavy atom. The number of hydrogen-bond donors (Lipinski definition) is 1. The van der Waals surface area contributed by atoms with E-state index in [1.54, 1.807) is 0 Å². The van der Waals surface area contributed by atoms with Crippen LogP contribution in [-0.4, -0.2) is 11.1 Å². The zero-order chi connectivity index (χ0) is 12.8. The molecule has 1 heterocycles. The maximum absolute atomic E-state index is 12.5. The first-order valence-electron chi connectivity index (χ1n) is 5.33. The SMILES string of the molecule is O=C(Nc1ccc(F)nc1)OCc1ccccc1. The molecule has 0 fully saturated rings. The molecule has 0 spiro atoms. The Morgan fingerprint density at radius 2 is 2.00 bits per heavy atom. The first kappa shape index (κ1) is 12.0. The van der Waals surface area contributed by atoms with Crippen LogP contribution in [0.1, 0.15) is 5.56 Å². The average molecular weight is 246 g/mol. The second kappa shape index (κ2) is 5.77. The summed E-state index contributed by atoms with van der Waals surface area (Å²) in [7, 11) is 0. The van der Waals surface area contributed by atoms with E-state index in [-0.39, 0.29) is 6.61 Å². The summed E-state index contributed by atoms with van der Waals surface area (Å²) in [5, 5.41) is 2.45. The maximum atomic E-state index is 12.5. The standard InChI is InChI=1S/C13H11FN2O2/c14-12-7-6-11(8-15-12)16-13(17)18-9-10-4-2-1-3-5-10/h1-8H,9H2,(H,16,17). The number of rotatable bonds is 3. The number of nitrogens with zero attached hydrogens (tertiary/aromatic N) is 1. The van der Waals surface area contributed by atoms with Crippen LogP contribution in [0.15, 0.2) is 48.7 Å². The van der Waals surface area contributed by atoms with Crippen molar-refractivity contribution in [3.63, 3.8) is 0 Å². The van der Waals surface area contributed by atoms with Gasteiger partial charge in [-0.25, -0.2) is 9.78 Å². The number of hydrogen-bond acceptors (Lipinski definition) is 3. The molecule has 0 bridgehead atoms. The number of anilines is 1. The van der Waals surface area contributed by atoms with Gasteiger partial charge in [-0.3, -0.25) is 5.32 Å². The third-order valence-electron chi connectivity index (χ3n) is 2.19. The van der Waals surface area contributed by atoms with E-state index < -0.39 is 12.0 Å². The van der Waals surface area contributed by atoms with Crippen molar-refractivity contribution in [1.29, 1.82) is 0 Å². The largest absolute Gasteiger partial charge is 0.444 e. The number of benzene rings is 1. The van der Waals surface area contributed by atoms with Crippen molar-refractivity contribution < 1.29 is 13.9 Å². The Kier molecular flexibility index (Phi) is 3.86. The Bertz CT molecular complexity index is 514. The number of amides is 1. The molecule has 18 heavy (non-hydrogen) atoms. The number of pyridine rings is 1. The van der Waals surface area contributed by atoms with Crippen molar-refractivity contribution in [2.45, 2.75) is 6.61 Å². The second-order valence-corrected chi connectivity index (χ2v) is 3.56. The lowest BCUT2D eigenvalue weighted by molar-refractivity contribution is 0.155. The number of nitrogens with one attached hydrogen (secondary N) is 1. The van der Waals surface area contributed by atoms with Crippen molar-refractivity contribution in [3.05, 3.63) is 60.2 Å². The Hall–Kier alpha value is -2.43. The van der Waals surface area contributed by atoms with E-state index in [1.807, 2.05) is 30.3 Å². The van der Waals surface area contributed by atoms with Gasteiger partial charge in [-0.1, -0.05) is 30.3 Å². The van der Waals surface area contributed by atoms with Crippen LogP contribution in [0.2, 0.25) is 0 Å². The molecule has 2 aromatic rings. The zero-order valence-electron chi connectivity index (χ0n) is 9.47. The van der Waals surface area contributed by atoms with E-state index >= 15 is 0 Å². The molecule has 2 rings (SSSR count). The van der Waals surface area contributed by atoms with Gasteiger partial charge in [-0.15, -0.1) is 0 Å². The van der Waals surface area contributed by atoms with E-state index in [0.717, 1.165) is 11.6 Å². The van der Waals surface area contributed by atoms with Gasteiger partial charge in [0.25, 0.3) is 0 Å². The molecule has 0 aliphatic heterocycles. The van der Waals surface area contributed by atoms with Crippen molar-refractivity contribution in [1.82, 2.24) is 4.98 Å². The molecule has 1 aromatic heterocycles. The number of halogens is 1. The summed E-state index contributed by atoms with van der Waals surface area (Å²) in [6.07, 6.45) is 0.617. The lowest BCUT2D eigenvalue weighted by Gasteiger charge is -2.06. The summed E-state index contributed by atoms with van der Waals surface area (Å²) < 4.78 is 17.5. The number of ether oxygens (including phenoxy) is 1. The third-order valence-corrected chi connectivity index (χ3v) is 2.19. The first-order chi connectivity index (χ1) is 8.74. The molecule has 1 N–H and O–H groups in total. The minimum atomic E-state index is -0.604. The fraction of sp³-hybridized carbons (Fsp3) is 0.0769. The van der Waals surface area contributed by atoms with Gasteiger partial charge in [0.05, 0.1) is 11.9 Å². The molecule has 0 aliphatic rings. The van der Waals surface area contributed by atoms with Crippen LogP contribution in [0.4, 0.5) is 14.9 Å². The normalized spacial score (nSPS) is 9.83. The molecule has 0 unspecified atom stereocenters. The van der Waals surface area contributed by atoms with Gasteiger partial charge in [-0.05, 0) is 17.7 Å². The van der Waals surface area contributed by atoms with E-state index in [0.29, 0.717) is 5.69 Å². The molecule has 0 saturated carbocycles. The first-order valence-corrected chi connectivity index (χ1v) is 5.33. The summed E-state index contributed by atoms with van der Waals surface area (Å²) in [6, 6.07) is 11.9. The van der Waals surface area contributed by atoms with Gasteiger partial charge >= 0.3 is 6.09 Å². The molecule has 1 aromatic carbocycles. The number of carbonyl (C=O) groups excluding carboxylic acids is 1. The predicted octanol–water partition coefficient (Wildman–Crippen LogP) is 2.97. The van der Waals surface area contributed by atoms with Gasteiger partial charge in [0.2, 0.25) is 5.95 Å². The second-order valence-electron chi connectivity index (χ2n) is 3.56. The van der Waals surface area contributed by atoms with Crippen molar-refractivity contribution in [2.75, 3.05) is 5.32 Å². The third kappa shape index (κ3) is 3.55. The minimum Gasteiger partial charge on any atom is -0.444 e. The smallest absolute Gasteiger partial charge is 0.412 e. The van der Waals surface area contributed by atoms with Crippen molar-refractivity contribution >= 4 is 11.8 Å². The maximum Gasteiger partial charge on any atom is 0.412 e. The fourth-order valence-corrected chi connectivity index (χ4v) is 1.33. The summed E-state index contributed by atoms with van der Waals surface area (Å²) in [5.74, 6) is -0.599. The van der Waals surface area contributed by atoms with E-state index in [2.05, 4.69) is 10.3 Å². The Morgan fingerprint density at radius 3 is 2.67 bits per heavy atom. The van der Waals surface area contributed by atoms with Gasteiger partial charge in [0, 0.05) is 0 Å². The summed E-state index contributed by atoms with van der Waals surface area (Å²) in [6.45, 7) is 0.182. The quantitative estimate of drug-likeness (QED) is 0.847. The highest BCUT2D eigenvalue weighted by Crippen LogP contribution is 2.07. The van der Waals surface area contributed by atoms with Crippen LogP contribution in [-0.2, 0) is 11.3 Å². The van der Waals surface area contributed by atoms with Crippen LogP contribution in [0.3, 0.4) is 0 Å². The molecule has 0 aliphatic carbocycles. The summed E-state index contributed by atoms with van der Waals surface area (Å²) in [5.41, 5.74) is 1.28. The minimum absolute atomic E-state index is 0.182. The number of carbonyl (C=O) groups is 1. The zero-order valence-corrected chi connectivity index (χ0v) is 9.47. The van der Waals surface area contributed by atoms with Crippen LogP contribution in [0, 0.1) is 5.95 Å². The highest BCUT2D eigenvalue weighted by Gasteiger charge is 2.03. The number of aromatic nitrogens is 1. The summed E-state index contributed by atoms with van der Waals surface area (Å²) in [4.78, 5) is 14.8. The van der Waals surface area contributed by atoms with Gasteiger partial charge < -0.3 is 4.74 Å². The molecular formula is C13H11FN2O2.